The summed E-state index contributed by atoms with van der Waals surface area (Å²) in [6, 6.07) is 16.0. The second-order valence-electron chi connectivity index (χ2n) is 6.14. The van der Waals surface area contributed by atoms with Gasteiger partial charge in [-0.2, -0.15) is 0 Å². The van der Waals surface area contributed by atoms with E-state index in [9.17, 15) is 4.79 Å². The molecule has 0 radical (unpaired) electrons. The van der Waals surface area contributed by atoms with Gasteiger partial charge in [0.15, 0.2) is 0 Å². The molecule has 0 aliphatic heterocycles. The zero-order valence-electron chi connectivity index (χ0n) is 15.0. The molecule has 0 bridgehead atoms. The van der Waals surface area contributed by atoms with Gasteiger partial charge in [-0.1, -0.05) is 42.0 Å². The standard InChI is InChI=1S/C21H22N2O2S/c1-15-6-8-16(9-7-15)13-22-20(24)11-10-18-14-26-21(23-18)17-4-3-5-19(12-17)25-2/h3-9,12,14H,10-11,13H2,1-2H3,(H,22,24). The average molecular weight is 366 g/mol. The quantitative estimate of drug-likeness (QED) is 0.675. The third-order valence-corrected chi connectivity index (χ3v) is 5.03. The first-order valence-electron chi connectivity index (χ1n) is 8.55. The summed E-state index contributed by atoms with van der Waals surface area (Å²) in [4.78, 5) is 16.7. The van der Waals surface area contributed by atoms with Gasteiger partial charge >= 0.3 is 0 Å². The summed E-state index contributed by atoms with van der Waals surface area (Å²) in [6.07, 6.45) is 1.08. The van der Waals surface area contributed by atoms with Crippen LogP contribution in [0.15, 0.2) is 53.9 Å². The highest BCUT2D eigenvalue weighted by atomic mass is 32.1. The normalized spacial score (nSPS) is 10.5. The number of ether oxygens (including phenoxy) is 1. The second-order valence-corrected chi connectivity index (χ2v) is 7.00. The van der Waals surface area contributed by atoms with Crippen molar-refractivity contribution in [2.24, 2.45) is 0 Å². The number of carbonyl (C=O) groups excluding carboxylic acids is 1. The number of nitrogens with zero attached hydrogens (tertiary/aromatic N) is 1. The highest BCUT2D eigenvalue weighted by Gasteiger charge is 2.08. The Hall–Kier alpha value is -2.66. The molecule has 26 heavy (non-hydrogen) atoms. The SMILES string of the molecule is COc1cccc(-c2nc(CCC(=O)NCc3ccc(C)cc3)cs2)c1. The fourth-order valence-corrected chi connectivity index (χ4v) is 3.40. The van der Waals surface area contributed by atoms with Gasteiger partial charge in [-0.3, -0.25) is 4.79 Å². The second kappa shape index (κ2) is 8.63. The van der Waals surface area contributed by atoms with Crippen molar-refractivity contribution < 1.29 is 9.53 Å². The first-order chi connectivity index (χ1) is 12.6. The molecule has 2 aromatic carbocycles. The minimum atomic E-state index is 0.0431. The number of carbonyl (C=O) groups is 1. The Morgan fingerprint density at radius 3 is 2.77 bits per heavy atom. The molecule has 1 N–H and O–H groups in total. The van der Waals surface area contributed by atoms with Crippen LogP contribution in [0.3, 0.4) is 0 Å². The van der Waals surface area contributed by atoms with Crippen LogP contribution in [0, 0.1) is 6.92 Å². The van der Waals surface area contributed by atoms with Crippen LogP contribution in [0.25, 0.3) is 10.6 Å². The predicted molar refractivity (Wildman–Crippen MR) is 105 cm³/mol. The number of aromatic nitrogens is 1. The first kappa shape index (κ1) is 18.1. The number of hydrogen-bond acceptors (Lipinski definition) is 4. The van der Waals surface area contributed by atoms with E-state index in [-0.39, 0.29) is 5.91 Å². The summed E-state index contributed by atoms with van der Waals surface area (Å²) in [5, 5.41) is 5.92. The Morgan fingerprint density at radius 1 is 1.19 bits per heavy atom. The third-order valence-electron chi connectivity index (χ3n) is 4.09. The number of thiazole rings is 1. The van der Waals surface area contributed by atoms with Crippen LogP contribution in [-0.2, 0) is 17.8 Å². The highest BCUT2D eigenvalue weighted by Crippen LogP contribution is 2.27. The molecular formula is C21H22N2O2S. The summed E-state index contributed by atoms with van der Waals surface area (Å²) < 4.78 is 5.26. The largest absolute Gasteiger partial charge is 0.497 e. The summed E-state index contributed by atoms with van der Waals surface area (Å²) in [7, 11) is 1.65. The Kier molecular flexibility index (Phi) is 6.02. The van der Waals surface area contributed by atoms with E-state index in [0.29, 0.717) is 19.4 Å². The predicted octanol–water partition coefficient (Wildman–Crippen LogP) is 4.38. The number of nitrogens with one attached hydrogen (secondary N) is 1. The van der Waals surface area contributed by atoms with Crippen LogP contribution in [0.2, 0.25) is 0 Å². The number of amides is 1. The molecule has 0 aliphatic carbocycles. The van der Waals surface area contributed by atoms with Crippen LogP contribution < -0.4 is 10.1 Å². The van der Waals surface area contributed by atoms with Gasteiger partial charge in [0.05, 0.1) is 12.8 Å². The highest BCUT2D eigenvalue weighted by molar-refractivity contribution is 7.13. The lowest BCUT2D eigenvalue weighted by atomic mass is 10.1. The Labute approximate surface area is 157 Å². The minimum absolute atomic E-state index is 0.0431. The fourth-order valence-electron chi connectivity index (χ4n) is 2.55. The molecule has 0 atom stereocenters. The molecule has 0 unspecified atom stereocenters. The zero-order chi connectivity index (χ0) is 18.4. The number of benzene rings is 2. The van der Waals surface area contributed by atoms with Crippen molar-refractivity contribution in [2.45, 2.75) is 26.3 Å². The molecule has 3 aromatic rings. The number of rotatable bonds is 7. The van der Waals surface area contributed by atoms with Crippen molar-refractivity contribution in [3.05, 3.63) is 70.7 Å². The van der Waals surface area contributed by atoms with Crippen LogP contribution in [0.4, 0.5) is 0 Å². The van der Waals surface area contributed by atoms with Crippen molar-refractivity contribution in [1.29, 1.82) is 0 Å². The maximum atomic E-state index is 12.1. The van der Waals surface area contributed by atoms with E-state index in [4.69, 9.17) is 4.74 Å². The number of aryl methyl sites for hydroxylation is 2. The Bertz CT molecular complexity index is 872. The van der Waals surface area contributed by atoms with Gasteiger partial charge < -0.3 is 10.1 Å². The van der Waals surface area contributed by atoms with E-state index in [1.54, 1.807) is 18.4 Å². The van der Waals surface area contributed by atoms with Gasteiger partial charge in [0.1, 0.15) is 10.8 Å². The third kappa shape index (κ3) is 4.92. The Balaban J connectivity index is 1.51. The van der Waals surface area contributed by atoms with E-state index < -0.39 is 0 Å². The maximum absolute atomic E-state index is 12.1. The van der Waals surface area contributed by atoms with Crippen molar-refractivity contribution in [1.82, 2.24) is 10.3 Å². The molecule has 1 aromatic heterocycles. The maximum Gasteiger partial charge on any atom is 0.220 e. The molecule has 0 saturated carbocycles. The molecule has 3 rings (SSSR count). The molecule has 0 saturated heterocycles. The van der Waals surface area contributed by atoms with Crippen LogP contribution in [0.5, 0.6) is 5.75 Å². The van der Waals surface area contributed by atoms with E-state index >= 15 is 0 Å². The number of hydrogen-bond donors (Lipinski definition) is 1. The summed E-state index contributed by atoms with van der Waals surface area (Å²) in [5.74, 6) is 0.858. The zero-order valence-corrected chi connectivity index (χ0v) is 15.8. The van der Waals surface area contributed by atoms with Crippen molar-refractivity contribution in [3.63, 3.8) is 0 Å². The van der Waals surface area contributed by atoms with Crippen molar-refractivity contribution in [2.75, 3.05) is 7.11 Å². The molecule has 0 spiro atoms. The summed E-state index contributed by atoms with van der Waals surface area (Å²) >= 11 is 1.59. The van der Waals surface area contributed by atoms with E-state index in [1.807, 2.05) is 41.8 Å². The van der Waals surface area contributed by atoms with Gasteiger partial charge in [-0.25, -0.2) is 4.98 Å². The molecule has 5 heteroatoms. The van der Waals surface area contributed by atoms with Crippen molar-refractivity contribution >= 4 is 17.2 Å². The van der Waals surface area contributed by atoms with Crippen LogP contribution in [0.1, 0.15) is 23.2 Å². The molecule has 4 nitrogen and oxygen atoms in total. The van der Waals surface area contributed by atoms with Gasteiger partial charge in [0.25, 0.3) is 0 Å². The molecule has 0 aliphatic rings. The first-order valence-corrected chi connectivity index (χ1v) is 9.43. The average Bonchev–Trinajstić information content (AvgIpc) is 3.15. The Morgan fingerprint density at radius 2 is 2.00 bits per heavy atom. The topological polar surface area (TPSA) is 51.2 Å². The van der Waals surface area contributed by atoms with E-state index in [2.05, 4.69) is 29.4 Å². The van der Waals surface area contributed by atoms with E-state index in [0.717, 1.165) is 27.6 Å². The molecule has 134 valence electrons. The van der Waals surface area contributed by atoms with Crippen LogP contribution >= 0.6 is 11.3 Å². The lowest BCUT2D eigenvalue weighted by molar-refractivity contribution is -0.121. The monoisotopic (exact) mass is 366 g/mol. The molecular weight excluding hydrogens is 344 g/mol. The number of methoxy groups -OCH3 is 1. The van der Waals surface area contributed by atoms with Crippen LogP contribution in [-0.4, -0.2) is 18.0 Å². The lowest BCUT2D eigenvalue weighted by Gasteiger charge is -2.05. The van der Waals surface area contributed by atoms with Gasteiger partial charge in [0.2, 0.25) is 5.91 Å². The lowest BCUT2D eigenvalue weighted by Crippen LogP contribution is -2.23. The minimum Gasteiger partial charge on any atom is -0.497 e. The fraction of sp³-hybridized carbons (Fsp3) is 0.238. The van der Waals surface area contributed by atoms with Gasteiger partial charge in [-0.15, -0.1) is 11.3 Å². The van der Waals surface area contributed by atoms with Gasteiger partial charge in [-0.05, 0) is 31.0 Å². The molecule has 1 amide bonds. The molecule has 1 heterocycles. The molecule has 0 fully saturated rings. The van der Waals surface area contributed by atoms with E-state index in [1.165, 1.54) is 5.56 Å². The smallest absolute Gasteiger partial charge is 0.220 e. The van der Waals surface area contributed by atoms with Gasteiger partial charge in [0, 0.05) is 23.9 Å². The summed E-state index contributed by atoms with van der Waals surface area (Å²) in [5.41, 5.74) is 4.30. The van der Waals surface area contributed by atoms with Crippen molar-refractivity contribution in [3.8, 4) is 16.3 Å². The summed E-state index contributed by atoms with van der Waals surface area (Å²) in [6.45, 7) is 2.61.